The number of hydrogen-bond donors (Lipinski definition) is 2. The minimum Gasteiger partial charge on any atom is -0.383 e. The van der Waals surface area contributed by atoms with Gasteiger partial charge in [0.05, 0.1) is 21.9 Å². The summed E-state index contributed by atoms with van der Waals surface area (Å²) < 4.78 is 24.2. The largest absolute Gasteiger partial charge is 0.383 e. The van der Waals surface area contributed by atoms with Crippen LogP contribution in [0.1, 0.15) is 10.4 Å². The van der Waals surface area contributed by atoms with Crippen LogP contribution < -0.4 is 11.1 Å². The Balaban J connectivity index is 2.04. The van der Waals surface area contributed by atoms with Crippen molar-refractivity contribution >= 4 is 21.4 Å². The van der Waals surface area contributed by atoms with Gasteiger partial charge in [-0.25, -0.2) is 8.42 Å². The molecule has 21 heavy (non-hydrogen) atoms. The SMILES string of the molecule is NC(=O)c1cnccc1NCCS(=O)(=O)c1ccccc1. The van der Waals surface area contributed by atoms with Gasteiger partial charge in [-0.05, 0) is 18.2 Å². The first-order valence-electron chi connectivity index (χ1n) is 6.26. The van der Waals surface area contributed by atoms with Crippen LogP contribution in [0.25, 0.3) is 0 Å². The highest BCUT2D eigenvalue weighted by Gasteiger charge is 2.14. The maximum absolute atomic E-state index is 12.1. The van der Waals surface area contributed by atoms with Crippen LogP contribution in [0, 0.1) is 0 Å². The molecule has 0 bridgehead atoms. The Bertz CT molecular complexity index is 730. The molecule has 0 atom stereocenters. The zero-order valence-electron chi connectivity index (χ0n) is 11.2. The monoisotopic (exact) mass is 305 g/mol. The molecule has 3 N–H and O–H groups in total. The predicted octanol–water partition coefficient (Wildman–Crippen LogP) is 1.07. The van der Waals surface area contributed by atoms with Gasteiger partial charge in [0.25, 0.3) is 5.91 Å². The van der Waals surface area contributed by atoms with E-state index < -0.39 is 15.7 Å². The highest BCUT2D eigenvalue weighted by atomic mass is 32.2. The van der Waals surface area contributed by atoms with Gasteiger partial charge in [-0.15, -0.1) is 0 Å². The molecule has 0 spiro atoms. The molecule has 6 nitrogen and oxygen atoms in total. The Morgan fingerprint density at radius 3 is 2.57 bits per heavy atom. The number of sulfone groups is 1. The lowest BCUT2D eigenvalue weighted by Crippen LogP contribution is -2.19. The molecule has 0 aliphatic carbocycles. The summed E-state index contributed by atoms with van der Waals surface area (Å²) in [4.78, 5) is 15.3. The molecule has 2 rings (SSSR count). The first kappa shape index (κ1) is 15.0. The van der Waals surface area contributed by atoms with Gasteiger partial charge in [0, 0.05) is 18.9 Å². The summed E-state index contributed by atoms with van der Waals surface area (Å²) in [6.45, 7) is 0.168. The van der Waals surface area contributed by atoms with Crippen LogP contribution in [0.15, 0.2) is 53.7 Å². The molecule has 1 aromatic heterocycles. The van der Waals surface area contributed by atoms with Gasteiger partial charge in [0.1, 0.15) is 0 Å². The van der Waals surface area contributed by atoms with Crippen molar-refractivity contribution in [3.05, 3.63) is 54.4 Å². The topological polar surface area (TPSA) is 102 Å². The Hall–Kier alpha value is -2.41. The normalized spacial score (nSPS) is 11.0. The third-order valence-corrected chi connectivity index (χ3v) is 4.61. The van der Waals surface area contributed by atoms with Gasteiger partial charge in [0.15, 0.2) is 9.84 Å². The zero-order chi connectivity index (χ0) is 15.3. The fraction of sp³-hybridized carbons (Fsp3) is 0.143. The standard InChI is InChI=1S/C14H15N3O3S/c15-14(18)12-10-16-7-6-13(12)17-8-9-21(19,20)11-4-2-1-3-5-11/h1-7,10H,8-9H2,(H2,15,18)(H,16,17). The van der Waals surface area contributed by atoms with Crippen molar-refractivity contribution in [2.75, 3.05) is 17.6 Å². The van der Waals surface area contributed by atoms with Crippen molar-refractivity contribution < 1.29 is 13.2 Å². The third kappa shape index (κ3) is 3.79. The second-order valence-electron chi connectivity index (χ2n) is 4.34. The first-order chi connectivity index (χ1) is 10.0. The van der Waals surface area contributed by atoms with Gasteiger partial charge in [-0.2, -0.15) is 0 Å². The van der Waals surface area contributed by atoms with E-state index in [1.54, 1.807) is 36.4 Å². The number of carbonyl (C=O) groups excluding carboxylic acids is 1. The number of rotatable bonds is 6. The molecular formula is C14H15N3O3S. The summed E-state index contributed by atoms with van der Waals surface area (Å²) in [7, 11) is -3.36. The lowest BCUT2D eigenvalue weighted by Gasteiger charge is -2.09. The summed E-state index contributed by atoms with van der Waals surface area (Å²) in [5, 5.41) is 2.90. The van der Waals surface area contributed by atoms with Gasteiger partial charge in [-0.1, -0.05) is 18.2 Å². The van der Waals surface area contributed by atoms with Crippen LogP contribution >= 0.6 is 0 Å². The Labute approximate surface area is 122 Å². The molecule has 1 aromatic carbocycles. The summed E-state index contributed by atoms with van der Waals surface area (Å²) in [6.07, 6.45) is 2.84. The quantitative estimate of drug-likeness (QED) is 0.831. The van der Waals surface area contributed by atoms with Crippen LogP contribution in [0.5, 0.6) is 0 Å². The zero-order valence-corrected chi connectivity index (χ0v) is 12.0. The molecule has 0 saturated carbocycles. The van der Waals surface area contributed by atoms with Crippen molar-refractivity contribution in [2.45, 2.75) is 4.90 Å². The third-order valence-electron chi connectivity index (χ3n) is 2.88. The predicted molar refractivity (Wildman–Crippen MR) is 79.7 cm³/mol. The molecule has 0 aliphatic heterocycles. The van der Waals surface area contributed by atoms with Crippen molar-refractivity contribution in [3.8, 4) is 0 Å². The van der Waals surface area contributed by atoms with Crippen molar-refractivity contribution in [3.63, 3.8) is 0 Å². The van der Waals surface area contributed by atoms with E-state index in [9.17, 15) is 13.2 Å². The number of amides is 1. The number of nitrogens with one attached hydrogen (secondary N) is 1. The number of pyridine rings is 1. The Morgan fingerprint density at radius 2 is 1.90 bits per heavy atom. The summed E-state index contributed by atoms with van der Waals surface area (Å²) in [6, 6.07) is 9.79. The maximum Gasteiger partial charge on any atom is 0.252 e. The molecule has 7 heteroatoms. The molecule has 0 unspecified atom stereocenters. The van der Waals surface area contributed by atoms with Gasteiger partial charge >= 0.3 is 0 Å². The smallest absolute Gasteiger partial charge is 0.252 e. The summed E-state index contributed by atoms with van der Waals surface area (Å²) >= 11 is 0. The molecular weight excluding hydrogens is 290 g/mol. The van der Waals surface area contributed by atoms with Gasteiger partial charge in [-0.3, -0.25) is 9.78 Å². The molecule has 0 radical (unpaired) electrons. The van der Waals surface area contributed by atoms with E-state index in [1.807, 2.05) is 0 Å². The van der Waals surface area contributed by atoms with E-state index in [1.165, 1.54) is 12.4 Å². The summed E-state index contributed by atoms with van der Waals surface area (Å²) in [5.41, 5.74) is 5.93. The molecule has 2 aromatic rings. The number of aromatic nitrogens is 1. The van der Waals surface area contributed by atoms with Crippen LogP contribution in [0.2, 0.25) is 0 Å². The molecule has 1 heterocycles. The first-order valence-corrected chi connectivity index (χ1v) is 7.91. The van der Waals surface area contributed by atoms with Crippen molar-refractivity contribution in [1.82, 2.24) is 4.98 Å². The van der Waals surface area contributed by atoms with E-state index in [0.717, 1.165) is 0 Å². The van der Waals surface area contributed by atoms with E-state index in [-0.39, 0.29) is 22.8 Å². The van der Waals surface area contributed by atoms with Gasteiger partial charge in [0.2, 0.25) is 0 Å². The van der Waals surface area contributed by atoms with Gasteiger partial charge < -0.3 is 11.1 Å². The minimum atomic E-state index is -3.36. The van der Waals surface area contributed by atoms with E-state index in [2.05, 4.69) is 10.3 Å². The number of primary amides is 1. The Morgan fingerprint density at radius 1 is 1.19 bits per heavy atom. The van der Waals surface area contributed by atoms with Crippen LogP contribution in [-0.4, -0.2) is 31.6 Å². The number of carbonyl (C=O) groups is 1. The number of nitrogens with two attached hydrogens (primary N) is 1. The molecule has 0 aliphatic rings. The fourth-order valence-corrected chi connectivity index (χ4v) is 2.99. The average molecular weight is 305 g/mol. The van der Waals surface area contributed by atoms with E-state index >= 15 is 0 Å². The molecule has 1 amide bonds. The average Bonchev–Trinajstić information content (AvgIpc) is 2.48. The lowest BCUT2D eigenvalue weighted by atomic mass is 10.2. The number of hydrogen-bond acceptors (Lipinski definition) is 5. The molecule has 0 saturated heterocycles. The van der Waals surface area contributed by atoms with Crippen molar-refractivity contribution in [1.29, 1.82) is 0 Å². The van der Waals surface area contributed by atoms with Crippen molar-refractivity contribution in [2.24, 2.45) is 5.73 Å². The van der Waals surface area contributed by atoms with E-state index in [4.69, 9.17) is 5.73 Å². The van der Waals surface area contributed by atoms with Crippen LogP contribution in [0.3, 0.4) is 0 Å². The van der Waals surface area contributed by atoms with Crippen LogP contribution in [0.4, 0.5) is 5.69 Å². The second kappa shape index (κ2) is 6.36. The van der Waals surface area contributed by atoms with E-state index in [0.29, 0.717) is 5.69 Å². The highest BCUT2D eigenvalue weighted by molar-refractivity contribution is 7.91. The number of anilines is 1. The number of benzene rings is 1. The Kier molecular flexibility index (Phi) is 4.54. The minimum absolute atomic E-state index is 0.0858. The second-order valence-corrected chi connectivity index (χ2v) is 6.45. The van der Waals surface area contributed by atoms with Crippen LogP contribution in [-0.2, 0) is 9.84 Å². The highest BCUT2D eigenvalue weighted by Crippen LogP contribution is 2.14. The fourth-order valence-electron chi connectivity index (χ4n) is 1.81. The lowest BCUT2D eigenvalue weighted by molar-refractivity contribution is 0.100. The molecule has 110 valence electrons. The maximum atomic E-state index is 12.1. The number of nitrogens with zero attached hydrogens (tertiary/aromatic N) is 1. The molecule has 0 fully saturated rings. The summed E-state index contributed by atoms with van der Waals surface area (Å²) in [5.74, 6) is -0.700.